The molecule has 4 aromatic rings. The quantitative estimate of drug-likeness (QED) is 0.334. The van der Waals surface area contributed by atoms with Gasteiger partial charge >= 0.3 is 0 Å². The van der Waals surface area contributed by atoms with E-state index in [1.54, 1.807) is 24.3 Å². The van der Waals surface area contributed by atoms with Gasteiger partial charge in [0.25, 0.3) is 0 Å². The van der Waals surface area contributed by atoms with Crippen LogP contribution in [-0.4, -0.2) is 28.0 Å². The second kappa shape index (κ2) is 8.87. The number of aryl methyl sites for hydroxylation is 1. The zero-order chi connectivity index (χ0) is 21.8. The first-order valence-electron chi connectivity index (χ1n) is 9.68. The average Bonchev–Trinajstić information content (AvgIpc) is 3.21. The van der Waals surface area contributed by atoms with Crippen LogP contribution in [0.3, 0.4) is 0 Å². The van der Waals surface area contributed by atoms with Gasteiger partial charge in [-0.1, -0.05) is 59.8 Å². The largest absolute Gasteiger partial charge is 0.480 e. The van der Waals surface area contributed by atoms with Crippen molar-refractivity contribution in [3.8, 4) is 16.9 Å². The van der Waals surface area contributed by atoms with Crippen molar-refractivity contribution < 1.29 is 13.5 Å². The number of hydrogen-bond donors (Lipinski definition) is 0. The molecule has 0 unspecified atom stereocenters. The molecule has 4 rings (SSSR count). The number of benzene rings is 3. The fraction of sp³-hybridized carbons (Fsp3) is 0.125. The lowest BCUT2D eigenvalue weighted by Crippen LogP contribution is -2.09. The van der Waals surface area contributed by atoms with Crippen LogP contribution in [0.5, 0.6) is 0 Å². The van der Waals surface area contributed by atoms with Crippen molar-refractivity contribution in [2.45, 2.75) is 13.5 Å². The molecule has 7 heteroatoms. The molecular weight excluding hydrogens is 398 g/mol. The minimum atomic E-state index is -0.436. The van der Waals surface area contributed by atoms with Gasteiger partial charge in [0.15, 0.2) is 5.69 Å². The number of hydrogen-bond acceptors (Lipinski definition) is 4. The number of para-hydroxylation sites is 1. The van der Waals surface area contributed by atoms with Gasteiger partial charge in [0.05, 0.1) is 13.7 Å². The highest BCUT2D eigenvalue weighted by Gasteiger charge is 2.22. The molecule has 0 aliphatic rings. The minimum Gasteiger partial charge on any atom is -0.480 e. The highest BCUT2D eigenvalue weighted by atomic mass is 19.1. The molecule has 0 amide bonds. The summed E-state index contributed by atoms with van der Waals surface area (Å²) < 4.78 is 35.7. The number of ether oxygens (including phenoxy) is 1. The molecule has 0 radical (unpaired) electrons. The van der Waals surface area contributed by atoms with Crippen LogP contribution in [-0.2, 0) is 11.3 Å². The maximum atomic E-state index is 14.5. The van der Waals surface area contributed by atoms with Gasteiger partial charge in [-0.2, -0.15) is 0 Å². The summed E-state index contributed by atoms with van der Waals surface area (Å²) in [6.07, 6.45) is 0. The van der Waals surface area contributed by atoms with Crippen LogP contribution in [0.15, 0.2) is 77.8 Å². The summed E-state index contributed by atoms with van der Waals surface area (Å²) in [4.78, 5) is 4.43. The number of aliphatic imine (C=N–C) groups is 1. The molecule has 31 heavy (non-hydrogen) atoms. The Kier molecular flexibility index (Phi) is 5.84. The smallest absolute Gasteiger partial charge is 0.239 e. The van der Waals surface area contributed by atoms with Gasteiger partial charge in [0.1, 0.15) is 23.0 Å². The van der Waals surface area contributed by atoms with Gasteiger partial charge in [-0.05, 0) is 30.7 Å². The van der Waals surface area contributed by atoms with E-state index in [0.29, 0.717) is 17.0 Å². The monoisotopic (exact) mass is 418 g/mol. The zero-order valence-electron chi connectivity index (χ0n) is 17.1. The Balaban J connectivity index is 1.82. The van der Waals surface area contributed by atoms with Crippen LogP contribution in [0.1, 0.15) is 16.8 Å². The first kappa shape index (κ1) is 20.4. The van der Waals surface area contributed by atoms with Gasteiger partial charge in [0.2, 0.25) is 5.90 Å². The lowest BCUT2D eigenvalue weighted by molar-refractivity contribution is 0.400. The van der Waals surface area contributed by atoms with E-state index in [9.17, 15) is 8.78 Å². The van der Waals surface area contributed by atoms with Crippen LogP contribution < -0.4 is 0 Å². The van der Waals surface area contributed by atoms with Crippen LogP contribution in [0.2, 0.25) is 0 Å². The molecule has 5 nitrogen and oxygen atoms in total. The average molecular weight is 418 g/mol. The molecule has 0 atom stereocenters. The molecule has 0 aliphatic heterocycles. The van der Waals surface area contributed by atoms with Crippen molar-refractivity contribution >= 4 is 5.90 Å². The van der Waals surface area contributed by atoms with Crippen molar-refractivity contribution in [2.24, 2.45) is 4.99 Å². The van der Waals surface area contributed by atoms with Gasteiger partial charge in [0, 0.05) is 11.1 Å². The first-order valence-corrected chi connectivity index (χ1v) is 9.68. The Bertz CT molecular complexity index is 1240. The Labute approximate surface area is 178 Å². The molecule has 0 saturated heterocycles. The van der Waals surface area contributed by atoms with Crippen molar-refractivity contribution in [3.05, 3.63) is 101 Å². The summed E-state index contributed by atoms with van der Waals surface area (Å²) >= 11 is 0. The SMILES string of the molecule is CO/C(=N\Cc1ccc(C)cc1F)c1nnn(-c2ccccc2F)c1-c1ccccc1. The summed E-state index contributed by atoms with van der Waals surface area (Å²) in [5, 5.41) is 8.40. The molecule has 0 N–H and O–H groups in total. The molecule has 0 spiro atoms. The lowest BCUT2D eigenvalue weighted by atomic mass is 10.1. The molecular formula is C24H20F2N4O. The Hall–Kier alpha value is -3.87. The molecule has 0 bridgehead atoms. The minimum absolute atomic E-state index is 0.0656. The number of rotatable bonds is 5. The molecule has 3 aromatic carbocycles. The third kappa shape index (κ3) is 4.21. The fourth-order valence-electron chi connectivity index (χ4n) is 3.25. The highest BCUT2D eigenvalue weighted by molar-refractivity contribution is 5.98. The summed E-state index contributed by atoms with van der Waals surface area (Å²) in [5.74, 6) is -0.590. The summed E-state index contributed by atoms with van der Waals surface area (Å²) in [6.45, 7) is 1.89. The van der Waals surface area contributed by atoms with Crippen LogP contribution in [0.4, 0.5) is 8.78 Å². The second-order valence-corrected chi connectivity index (χ2v) is 6.94. The Morgan fingerprint density at radius 1 is 0.968 bits per heavy atom. The van der Waals surface area contributed by atoms with Crippen molar-refractivity contribution in [2.75, 3.05) is 7.11 Å². The molecule has 0 aliphatic carbocycles. The van der Waals surface area contributed by atoms with E-state index < -0.39 is 5.82 Å². The maximum absolute atomic E-state index is 14.5. The predicted octanol–water partition coefficient (Wildman–Crippen LogP) is 5.11. The zero-order valence-corrected chi connectivity index (χ0v) is 17.1. The number of methoxy groups -OCH3 is 1. The normalized spacial score (nSPS) is 11.5. The van der Waals surface area contributed by atoms with Crippen molar-refractivity contribution in [1.82, 2.24) is 15.0 Å². The second-order valence-electron chi connectivity index (χ2n) is 6.94. The van der Waals surface area contributed by atoms with Crippen molar-refractivity contribution in [1.29, 1.82) is 0 Å². The summed E-state index contributed by atoms with van der Waals surface area (Å²) in [7, 11) is 1.46. The predicted molar refractivity (Wildman–Crippen MR) is 115 cm³/mol. The molecule has 1 aromatic heterocycles. The van der Waals surface area contributed by atoms with E-state index >= 15 is 0 Å². The van der Waals surface area contributed by atoms with Gasteiger partial charge < -0.3 is 4.74 Å². The molecule has 1 heterocycles. The third-order valence-electron chi connectivity index (χ3n) is 4.80. The fourth-order valence-corrected chi connectivity index (χ4v) is 3.25. The highest BCUT2D eigenvalue weighted by Crippen LogP contribution is 2.27. The van der Waals surface area contributed by atoms with Crippen LogP contribution >= 0.6 is 0 Å². The van der Waals surface area contributed by atoms with Gasteiger partial charge in [-0.25, -0.2) is 18.5 Å². The van der Waals surface area contributed by atoms with E-state index in [1.807, 2.05) is 43.3 Å². The number of nitrogens with zero attached hydrogens (tertiary/aromatic N) is 4. The number of halogens is 2. The van der Waals surface area contributed by atoms with E-state index in [4.69, 9.17) is 4.74 Å². The van der Waals surface area contributed by atoms with Crippen molar-refractivity contribution in [3.63, 3.8) is 0 Å². The van der Waals surface area contributed by atoms with Gasteiger partial charge in [-0.3, -0.25) is 0 Å². The Morgan fingerprint density at radius 2 is 1.71 bits per heavy atom. The van der Waals surface area contributed by atoms with Crippen LogP contribution in [0.25, 0.3) is 16.9 Å². The summed E-state index contributed by atoms with van der Waals surface area (Å²) in [5.41, 5.74) is 3.14. The molecule has 156 valence electrons. The van der Waals surface area contributed by atoms with E-state index in [1.165, 1.54) is 23.9 Å². The lowest BCUT2D eigenvalue weighted by Gasteiger charge is -2.10. The van der Waals surface area contributed by atoms with E-state index in [-0.39, 0.29) is 23.9 Å². The van der Waals surface area contributed by atoms with Crippen LogP contribution in [0, 0.1) is 18.6 Å². The topological polar surface area (TPSA) is 52.3 Å². The standard InChI is InChI=1S/C24H20F2N4O/c1-16-12-13-18(20(26)14-16)15-27-24(31-2)22-23(17-8-4-3-5-9-17)30(29-28-22)21-11-7-6-10-19(21)25/h3-14H,15H2,1-2H3/b27-24-. The van der Waals surface area contributed by atoms with E-state index in [0.717, 1.165) is 11.1 Å². The first-order chi connectivity index (χ1) is 15.1. The summed E-state index contributed by atoms with van der Waals surface area (Å²) in [6, 6.07) is 20.6. The van der Waals surface area contributed by atoms with Gasteiger partial charge in [-0.15, -0.1) is 5.10 Å². The Morgan fingerprint density at radius 3 is 2.42 bits per heavy atom. The third-order valence-corrected chi connectivity index (χ3v) is 4.80. The van der Waals surface area contributed by atoms with E-state index in [2.05, 4.69) is 15.3 Å². The maximum Gasteiger partial charge on any atom is 0.239 e. The number of aromatic nitrogens is 3. The molecule has 0 fully saturated rings. The molecule has 0 saturated carbocycles.